The van der Waals surface area contributed by atoms with Gasteiger partial charge in [-0.3, -0.25) is 4.79 Å². The van der Waals surface area contributed by atoms with Crippen LogP contribution in [-0.2, 0) is 27.1 Å². The fraction of sp³-hybridized carbons (Fsp3) is 0.458. The topological polar surface area (TPSA) is 42.1 Å². The molecule has 1 amide bonds. The highest BCUT2D eigenvalue weighted by molar-refractivity contribution is 5.81. The van der Waals surface area contributed by atoms with E-state index < -0.39 is 17.7 Å². The molecule has 1 aliphatic carbocycles. The van der Waals surface area contributed by atoms with Crippen LogP contribution in [0.5, 0.6) is 0 Å². The van der Waals surface area contributed by atoms with Gasteiger partial charge in [0.15, 0.2) is 0 Å². The van der Waals surface area contributed by atoms with E-state index in [0.717, 1.165) is 12.0 Å². The van der Waals surface area contributed by atoms with Crippen LogP contribution in [0.3, 0.4) is 0 Å². The van der Waals surface area contributed by atoms with Gasteiger partial charge < -0.3 is 14.4 Å². The predicted octanol–water partition coefficient (Wildman–Crippen LogP) is 3.90. The van der Waals surface area contributed by atoms with Crippen LogP contribution in [0.15, 0.2) is 54.5 Å². The van der Waals surface area contributed by atoms with Gasteiger partial charge in [-0.1, -0.05) is 54.5 Å². The van der Waals surface area contributed by atoms with E-state index in [1.165, 1.54) is 5.56 Å². The Hall–Kier alpha value is -2.17. The van der Waals surface area contributed by atoms with Gasteiger partial charge in [-0.05, 0) is 43.4 Å². The van der Waals surface area contributed by atoms with Gasteiger partial charge in [0.2, 0.25) is 5.91 Å². The third kappa shape index (κ3) is 3.15. The quantitative estimate of drug-likeness (QED) is 0.737. The van der Waals surface area contributed by atoms with Crippen molar-refractivity contribution in [3.8, 4) is 0 Å². The Labute approximate surface area is 173 Å². The molecule has 2 heterocycles. The predicted molar refractivity (Wildman–Crippen MR) is 107 cm³/mol. The fourth-order valence-electron chi connectivity index (χ4n) is 4.73. The van der Waals surface area contributed by atoms with Gasteiger partial charge in [-0.25, -0.2) is 0 Å². The lowest BCUT2D eigenvalue weighted by Gasteiger charge is -2.36. The van der Waals surface area contributed by atoms with Gasteiger partial charge in [0.1, 0.15) is 5.72 Å². The average Bonchev–Trinajstić information content (AvgIpc) is 3.47. The Kier molecular flexibility index (Phi) is 3.15. The third-order valence-corrected chi connectivity index (χ3v) is 5.98. The molecule has 4 heteroatoms. The van der Waals surface area contributed by atoms with Crippen molar-refractivity contribution in [1.82, 2.24) is 4.90 Å². The molecular weight excluding hydrogens is 350 g/mol. The number of nitrogens with zero attached hydrogens (tertiary/aromatic N) is 1. The van der Waals surface area contributed by atoms with E-state index in [1.54, 1.807) is 0 Å². The largest absolute Gasteiger partial charge is 0.373 e. The SMILES string of the molecule is [2H]c1c([2H])c([2H])c(C[C@H](C[C@H]2CO2)C(=O)N2[C@H]3c4ccccc4C[C@H]3OC2(C)C)c([2H])c1[2H]. The minimum Gasteiger partial charge on any atom is -0.373 e. The first-order chi connectivity index (χ1) is 15.6. The van der Waals surface area contributed by atoms with E-state index in [2.05, 4.69) is 6.07 Å². The molecule has 0 radical (unpaired) electrons. The van der Waals surface area contributed by atoms with E-state index in [1.807, 2.05) is 36.9 Å². The van der Waals surface area contributed by atoms with Crippen molar-refractivity contribution in [3.05, 3.63) is 71.2 Å². The smallest absolute Gasteiger partial charge is 0.228 e. The minimum atomic E-state index is -0.817. The van der Waals surface area contributed by atoms with Crippen molar-refractivity contribution >= 4 is 5.91 Å². The molecule has 2 saturated heterocycles. The molecule has 4 atom stereocenters. The summed E-state index contributed by atoms with van der Waals surface area (Å²) in [6, 6.07) is 6.17. The summed E-state index contributed by atoms with van der Waals surface area (Å²) in [7, 11) is 0. The molecule has 0 spiro atoms. The Balaban J connectivity index is 1.52. The number of carbonyl (C=O) groups excluding carboxylic acids is 1. The van der Waals surface area contributed by atoms with Crippen LogP contribution >= 0.6 is 0 Å². The fourth-order valence-corrected chi connectivity index (χ4v) is 4.73. The molecule has 2 aromatic carbocycles. The lowest BCUT2D eigenvalue weighted by atomic mass is 9.91. The lowest BCUT2D eigenvalue weighted by Crippen LogP contribution is -2.48. The Morgan fingerprint density at radius 1 is 1.29 bits per heavy atom. The molecule has 0 bridgehead atoms. The number of fused-ring (bicyclic) bond motifs is 3. The first-order valence-corrected chi connectivity index (χ1v) is 9.86. The molecular formula is C24H27NO3. The van der Waals surface area contributed by atoms with E-state index >= 15 is 0 Å². The van der Waals surface area contributed by atoms with E-state index in [4.69, 9.17) is 16.3 Å². The maximum absolute atomic E-state index is 14.1. The number of hydrogen-bond acceptors (Lipinski definition) is 3. The van der Waals surface area contributed by atoms with Gasteiger partial charge in [-0.15, -0.1) is 0 Å². The molecule has 0 N–H and O–H groups in total. The normalized spacial score (nSPS) is 30.4. The highest BCUT2D eigenvalue weighted by atomic mass is 16.6. The second kappa shape index (κ2) is 6.71. The van der Waals surface area contributed by atoms with Crippen molar-refractivity contribution in [2.45, 2.75) is 57.1 Å². The van der Waals surface area contributed by atoms with Crippen LogP contribution < -0.4 is 0 Å². The molecule has 0 saturated carbocycles. The van der Waals surface area contributed by atoms with Gasteiger partial charge in [0.05, 0.1) is 31.7 Å². The summed E-state index contributed by atoms with van der Waals surface area (Å²) in [5.41, 5.74) is 1.61. The van der Waals surface area contributed by atoms with Crippen molar-refractivity contribution in [3.63, 3.8) is 0 Å². The summed E-state index contributed by atoms with van der Waals surface area (Å²) in [5.74, 6) is -0.720. The molecule has 2 aliphatic heterocycles. The average molecular weight is 383 g/mol. The Morgan fingerprint density at radius 3 is 2.79 bits per heavy atom. The zero-order valence-corrected chi connectivity index (χ0v) is 16.1. The van der Waals surface area contributed by atoms with Crippen molar-refractivity contribution < 1.29 is 21.1 Å². The van der Waals surface area contributed by atoms with Crippen molar-refractivity contribution in [1.29, 1.82) is 0 Å². The van der Waals surface area contributed by atoms with Crippen LogP contribution in [0.2, 0.25) is 0 Å². The first kappa shape index (κ1) is 13.1. The highest BCUT2D eigenvalue weighted by Gasteiger charge is 2.54. The van der Waals surface area contributed by atoms with Crippen LogP contribution in [-0.4, -0.2) is 35.3 Å². The van der Waals surface area contributed by atoms with E-state index in [9.17, 15) is 4.79 Å². The van der Waals surface area contributed by atoms with Crippen LogP contribution in [0.4, 0.5) is 0 Å². The Morgan fingerprint density at radius 2 is 2.04 bits per heavy atom. The zero-order chi connectivity index (χ0) is 23.7. The summed E-state index contributed by atoms with van der Waals surface area (Å²) in [6.07, 6.45) is 1.06. The second-order valence-corrected chi connectivity index (χ2v) is 8.35. The van der Waals surface area contributed by atoms with Gasteiger partial charge in [0.25, 0.3) is 0 Å². The Bertz CT molecular complexity index is 1100. The standard InChI is InChI=1S/C24H27NO3/c1-24(2)25(22-20-11-7-6-10-17(20)14-21(22)28-24)23(26)18(13-19-15-27-19)12-16-8-4-3-5-9-16/h3-11,18-19,21-22H,12-15H2,1-2H3/t18-,19+,21-,22+/m1/s1/i3D,4D,5D,8D,9D. The summed E-state index contributed by atoms with van der Waals surface area (Å²) in [4.78, 5) is 15.9. The summed E-state index contributed by atoms with van der Waals surface area (Å²) >= 11 is 0. The number of ether oxygens (including phenoxy) is 2. The molecule has 146 valence electrons. The highest BCUT2D eigenvalue weighted by Crippen LogP contribution is 2.49. The van der Waals surface area contributed by atoms with Gasteiger partial charge in [-0.2, -0.15) is 0 Å². The van der Waals surface area contributed by atoms with Crippen LogP contribution in [0, 0.1) is 5.92 Å². The maximum Gasteiger partial charge on any atom is 0.228 e. The minimum absolute atomic E-state index is 0.0537. The number of carbonyl (C=O) groups is 1. The second-order valence-electron chi connectivity index (χ2n) is 8.35. The summed E-state index contributed by atoms with van der Waals surface area (Å²) in [5, 5.41) is 0. The maximum atomic E-state index is 14.1. The molecule has 2 fully saturated rings. The lowest BCUT2D eigenvalue weighted by molar-refractivity contribution is -0.152. The number of epoxide rings is 1. The van der Waals surface area contributed by atoms with Crippen LogP contribution in [0.1, 0.15) is 49.9 Å². The molecule has 0 unspecified atom stereocenters. The molecule has 0 aromatic heterocycles. The van der Waals surface area contributed by atoms with E-state index in [-0.39, 0.29) is 60.3 Å². The van der Waals surface area contributed by atoms with Crippen molar-refractivity contribution in [2.24, 2.45) is 5.92 Å². The van der Waals surface area contributed by atoms with Gasteiger partial charge in [0, 0.05) is 12.3 Å². The number of rotatable bonds is 5. The summed E-state index contributed by atoms with van der Waals surface area (Å²) < 4.78 is 52.2. The number of amides is 1. The molecule has 3 aliphatic rings. The number of hydrogen-bond donors (Lipinski definition) is 0. The third-order valence-electron chi connectivity index (χ3n) is 5.98. The molecule has 5 rings (SSSR count). The molecule has 2 aromatic rings. The molecule has 28 heavy (non-hydrogen) atoms. The monoisotopic (exact) mass is 382 g/mol. The summed E-state index contributed by atoms with van der Waals surface area (Å²) in [6.45, 7) is 4.35. The zero-order valence-electron chi connectivity index (χ0n) is 21.1. The van der Waals surface area contributed by atoms with E-state index in [0.29, 0.717) is 13.0 Å². The molecule has 4 nitrogen and oxygen atoms in total. The first-order valence-electron chi connectivity index (χ1n) is 12.4. The van der Waals surface area contributed by atoms with Crippen molar-refractivity contribution in [2.75, 3.05) is 6.61 Å². The van der Waals surface area contributed by atoms with Gasteiger partial charge >= 0.3 is 0 Å². The van der Waals surface area contributed by atoms with Crippen LogP contribution in [0.25, 0.3) is 0 Å². The number of benzene rings is 2.